The van der Waals surface area contributed by atoms with E-state index in [9.17, 15) is 19.2 Å². The van der Waals surface area contributed by atoms with Crippen molar-refractivity contribution in [2.24, 2.45) is 23.7 Å². The summed E-state index contributed by atoms with van der Waals surface area (Å²) in [7, 11) is 3.87. The minimum absolute atomic E-state index is 0.0984. The summed E-state index contributed by atoms with van der Waals surface area (Å²) in [4.78, 5) is 63.2. The fourth-order valence-corrected chi connectivity index (χ4v) is 9.76. The second-order valence-corrected chi connectivity index (χ2v) is 15.2. The van der Waals surface area contributed by atoms with E-state index in [1.807, 2.05) is 61.6 Å². The van der Waals surface area contributed by atoms with Gasteiger partial charge in [-0.05, 0) is 105 Å². The number of H-pyrrole nitrogens is 1. The Hall–Kier alpha value is -4.54. The minimum Gasteiger partial charge on any atom is -0.446 e. The van der Waals surface area contributed by atoms with E-state index in [1.54, 1.807) is 17.0 Å². The number of nitrogens with one attached hydrogen (secondary N) is 3. The number of aromatic nitrogens is 1. The van der Waals surface area contributed by atoms with Gasteiger partial charge in [-0.15, -0.1) is 0 Å². The van der Waals surface area contributed by atoms with Gasteiger partial charge in [-0.3, -0.25) is 9.59 Å². The quantitative estimate of drug-likeness (QED) is 0.303. The molecule has 0 radical (unpaired) electrons. The molecule has 3 heterocycles. The molecule has 4 bridgehead atoms. The average Bonchev–Trinajstić information content (AvgIpc) is 3.49. The predicted molar refractivity (Wildman–Crippen MR) is 186 cm³/mol. The smallest absolute Gasteiger partial charge is 0.408 e. The number of imide groups is 1. The molecule has 9 rings (SSSR count). The first-order valence-electron chi connectivity index (χ1n) is 17.9. The number of hydrogen-bond donors (Lipinski definition) is 3. The molecular formula is C38H46N6O5. The zero-order chi connectivity index (χ0) is 33.8. The lowest BCUT2D eigenvalue weighted by atomic mass is 9.55. The Morgan fingerprint density at radius 1 is 0.980 bits per heavy atom. The van der Waals surface area contributed by atoms with Crippen LogP contribution >= 0.6 is 0 Å². The Balaban J connectivity index is 0.986. The van der Waals surface area contributed by atoms with Gasteiger partial charge in [0.2, 0.25) is 11.8 Å². The number of carbonyl (C=O) groups is 4. The number of hydrogen-bond acceptors (Lipinski definition) is 6. The third-order valence-electron chi connectivity index (χ3n) is 11.9. The maximum absolute atomic E-state index is 14.2. The van der Waals surface area contributed by atoms with E-state index >= 15 is 0 Å². The van der Waals surface area contributed by atoms with Gasteiger partial charge < -0.3 is 30.2 Å². The summed E-state index contributed by atoms with van der Waals surface area (Å²) in [6, 6.07) is 13.1. The molecule has 0 unspecified atom stereocenters. The van der Waals surface area contributed by atoms with Crippen molar-refractivity contribution in [3.63, 3.8) is 0 Å². The standard InChI is InChI=1S/C38H46N6O5/c1-42(2)27-9-11-28(12-10-27)44-34(45)20-33-31(8-5-13-43(33)38(44)48)40-36(46)32(19-26-21-39-30-7-4-3-6-29(26)30)41-37(47)49-35-24-15-22-14-23(17-24)18-25(35)16-22/h3-4,6-7,9-12,21-25,31-33,35,39H,5,8,13-20H2,1-2H3,(H,40,46)(H,41,47)/t22?,23?,24?,25?,31-,32-,33+,35?/m0/s1. The molecule has 49 heavy (non-hydrogen) atoms. The molecule has 258 valence electrons. The van der Waals surface area contributed by atoms with Crippen LogP contribution in [-0.4, -0.2) is 78.7 Å². The van der Waals surface area contributed by atoms with E-state index in [2.05, 4.69) is 15.6 Å². The number of carbonyl (C=O) groups excluding carboxylic acids is 4. The number of anilines is 2. The van der Waals surface area contributed by atoms with Crippen LogP contribution in [0.3, 0.4) is 0 Å². The van der Waals surface area contributed by atoms with E-state index < -0.39 is 24.2 Å². The Morgan fingerprint density at radius 2 is 1.69 bits per heavy atom. The second kappa shape index (κ2) is 12.7. The lowest BCUT2D eigenvalue weighted by Crippen LogP contribution is -2.66. The Morgan fingerprint density at radius 3 is 2.41 bits per heavy atom. The summed E-state index contributed by atoms with van der Waals surface area (Å²) in [5.41, 5.74) is 3.37. The molecule has 3 atom stereocenters. The molecule has 6 fully saturated rings. The number of para-hydroxylation sites is 1. The highest BCUT2D eigenvalue weighted by Gasteiger charge is 2.50. The van der Waals surface area contributed by atoms with Crippen LogP contribution in [0, 0.1) is 23.7 Å². The van der Waals surface area contributed by atoms with Crippen LogP contribution in [0.15, 0.2) is 54.7 Å². The summed E-state index contributed by atoms with van der Waals surface area (Å²) in [5.74, 6) is 1.69. The van der Waals surface area contributed by atoms with Crippen molar-refractivity contribution in [1.29, 1.82) is 0 Å². The van der Waals surface area contributed by atoms with Crippen molar-refractivity contribution in [3.8, 4) is 0 Å². The first-order valence-corrected chi connectivity index (χ1v) is 17.9. The van der Waals surface area contributed by atoms with Crippen molar-refractivity contribution in [3.05, 3.63) is 60.3 Å². The van der Waals surface area contributed by atoms with Crippen molar-refractivity contribution in [2.45, 2.75) is 82.0 Å². The predicted octanol–water partition coefficient (Wildman–Crippen LogP) is 5.20. The molecule has 6 aliphatic rings. The molecule has 5 amide bonds. The molecule has 4 aliphatic carbocycles. The second-order valence-electron chi connectivity index (χ2n) is 15.2. The summed E-state index contributed by atoms with van der Waals surface area (Å²) in [6.45, 7) is 0.504. The highest BCUT2D eigenvalue weighted by molar-refractivity contribution is 6.16. The Kier molecular flexibility index (Phi) is 8.24. The van der Waals surface area contributed by atoms with Crippen LogP contribution < -0.4 is 20.4 Å². The molecule has 2 saturated heterocycles. The number of amides is 5. The molecule has 0 spiro atoms. The number of piperidine rings is 1. The van der Waals surface area contributed by atoms with Crippen LogP contribution in [0.25, 0.3) is 10.9 Å². The summed E-state index contributed by atoms with van der Waals surface area (Å²) < 4.78 is 6.15. The lowest BCUT2D eigenvalue weighted by molar-refractivity contribution is -0.127. The van der Waals surface area contributed by atoms with Gasteiger partial charge in [0, 0.05) is 55.9 Å². The van der Waals surface area contributed by atoms with Gasteiger partial charge in [0.05, 0.1) is 18.2 Å². The first kappa shape index (κ1) is 31.7. The van der Waals surface area contributed by atoms with Crippen molar-refractivity contribution in [2.75, 3.05) is 30.4 Å². The maximum Gasteiger partial charge on any atom is 0.408 e. The van der Waals surface area contributed by atoms with Gasteiger partial charge in [0.15, 0.2) is 0 Å². The number of aromatic amines is 1. The van der Waals surface area contributed by atoms with E-state index in [1.165, 1.54) is 11.3 Å². The summed E-state index contributed by atoms with van der Waals surface area (Å²) >= 11 is 0. The fourth-order valence-electron chi connectivity index (χ4n) is 9.76. The van der Waals surface area contributed by atoms with Gasteiger partial charge >= 0.3 is 12.1 Å². The number of nitrogens with zero attached hydrogens (tertiary/aromatic N) is 3. The average molecular weight is 667 g/mol. The molecule has 3 N–H and O–H groups in total. The topological polar surface area (TPSA) is 127 Å². The van der Waals surface area contributed by atoms with Crippen LogP contribution in [-0.2, 0) is 20.7 Å². The number of benzene rings is 2. The first-order chi connectivity index (χ1) is 23.7. The van der Waals surface area contributed by atoms with Crippen molar-refractivity contribution < 1.29 is 23.9 Å². The van der Waals surface area contributed by atoms with E-state index in [0.29, 0.717) is 36.9 Å². The SMILES string of the molecule is CN(C)c1ccc(N2C(=O)C[C@@H]3[C@@H](NC(=O)[C@H](Cc4c[nH]c5ccccc45)NC(=O)OC4C5CC6CC(C5)CC4C6)CCCN3C2=O)cc1. The normalized spacial score (nSPS) is 29.5. The fraction of sp³-hybridized carbons (Fsp3) is 0.526. The van der Waals surface area contributed by atoms with Gasteiger partial charge in [0.25, 0.3) is 0 Å². The number of alkyl carbamates (subject to hydrolysis) is 1. The molecular weight excluding hydrogens is 620 g/mol. The zero-order valence-corrected chi connectivity index (χ0v) is 28.3. The van der Waals surface area contributed by atoms with Gasteiger partial charge in [-0.1, -0.05) is 18.2 Å². The number of ether oxygens (including phenoxy) is 1. The molecule has 2 aromatic carbocycles. The minimum atomic E-state index is -0.902. The largest absolute Gasteiger partial charge is 0.446 e. The highest BCUT2D eigenvalue weighted by Crippen LogP contribution is 2.54. The molecule has 3 aromatic rings. The van der Waals surface area contributed by atoms with Crippen LogP contribution in [0.5, 0.6) is 0 Å². The third kappa shape index (κ3) is 6.01. The van der Waals surface area contributed by atoms with Gasteiger partial charge in [0.1, 0.15) is 12.1 Å². The van der Waals surface area contributed by atoms with E-state index in [-0.39, 0.29) is 36.8 Å². The Bertz CT molecular complexity index is 1720. The Labute approximate surface area is 286 Å². The summed E-state index contributed by atoms with van der Waals surface area (Å²) in [6.07, 6.45) is 8.73. The maximum atomic E-state index is 14.2. The molecule has 2 aliphatic heterocycles. The van der Waals surface area contributed by atoms with Crippen LogP contribution in [0.1, 0.15) is 56.9 Å². The van der Waals surface area contributed by atoms with Crippen molar-refractivity contribution in [1.82, 2.24) is 20.5 Å². The number of urea groups is 1. The van der Waals surface area contributed by atoms with E-state index in [0.717, 1.165) is 59.7 Å². The number of fused-ring (bicyclic) bond motifs is 2. The molecule has 1 aromatic heterocycles. The van der Waals surface area contributed by atoms with Gasteiger partial charge in [-0.25, -0.2) is 14.5 Å². The molecule has 4 saturated carbocycles. The third-order valence-corrected chi connectivity index (χ3v) is 11.9. The monoisotopic (exact) mass is 666 g/mol. The van der Waals surface area contributed by atoms with Gasteiger partial charge in [-0.2, -0.15) is 0 Å². The van der Waals surface area contributed by atoms with Crippen LogP contribution in [0.4, 0.5) is 21.0 Å². The zero-order valence-electron chi connectivity index (χ0n) is 28.3. The van der Waals surface area contributed by atoms with Crippen LogP contribution in [0.2, 0.25) is 0 Å². The highest BCUT2D eigenvalue weighted by atomic mass is 16.6. The molecule has 11 nitrogen and oxygen atoms in total. The molecule has 11 heteroatoms. The summed E-state index contributed by atoms with van der Waals surface area (Å²) in [5, 5.41) is 7.11. The van der Waals surface area contributed by atoms with E-state index in [4.69, 9.17) is 4.74 Å². The van der Waals surface area contributed by atoms with Crippen molar-refractivity contribution >= 4 is 46.2 Å². The number of rotatable bonds is 8. The lowest BCUT2D eigenvalue weighted by Gasteiger charge is -2.53.